The number of nitro groups is 1. The van der Waals surface area contributed by atoms with Crippen LogP contribution in [0.25, 0.3) is 0 Å². The Morgan fingerprint density at radius 1 is 1.41 bits per heavy atom. The van der Waals surface area contributed by atoms with Gasteiger partial charge in [-0.25, -0.2) is 4.98 Å². The van der Waals surface area contributed by atoms with Gasteiger partial charge in [-0.15, -0.1) is 0 Å². The summed E-state index contributed by atoms with van der Waals surface area (Å²) < 4.78 is 1.79. The summed E-state index contributed by atoms with van der Waals surface area (Å²) in [7, 11) is 1.83. The molecule has 2 unspecified atom stereocenters. The molecule has 1 aliphatic heterocycles. The Morgan fingerprint density at radius 3 is 2.79 bits per heavy atom. The number of aromatic nitrogens is 2. The van der Waals surface area contributed by atoms with Crippen molar-refractivity contribution in [2.45, 2.75) is 38.8 Å². The van der Waals surface area contributed by atoms with Gasteiger partial charge in [0.25, 0.3) is 11.6 Å². The molecule has 1 fully saturated rings. The quantitative estimate of drug-likeness (QED) is 0.568. The van der Waals surface area contributed by atoms with E-state index in [9.17, 15) is 20.0 Å². The second-order valence-electron chi connectivity index (χ2n) is 7.78. The molecule has 9 heteroatoms. The fourth-order valence-corrected chi connectivity index (χ4v) is 3.78. The maximum absolute atomic E-state index is 12.2. The van der Waals surface area contributed by atoms with Gasteiger partial charge in [0, 0.05) is 56.1 Å². The Labute approximate surface area is 169 Å². The lowest BCUT2D eigenvalue weighted by atomic mass is 9.91. The van der Waals surface area contributed by atoms with Gasteiger partial charge in [0.05, 0.1) is 4.92 Å². The molecule has 29 heavy (non-hydrogen) atoms. The number of amides is 1. The van der Waals surface area contributed by atoms with Crippen molar-refractivity contribution in [3.8, 4) is 0 Å². The SMILES string of the molecule is CC(C)NC(=O)c1ccc(N2CCCC(C(O)c3nccn3C)C2)c([N+](=O)[O-])c1. The van der Waals surface area contributed by atoms with Crippen LogP contribution in [0.15, 0.2) is 30.6 Å². The van der Waals surface area contributed by atoms with Gasteiger partial charge in [0.15, 0.2) is 0 Å². The number of imidazole rings is 1. The van der Waals surface area contributed by atoms with E-state index < -0.39 is 11.0 Å². The molecule has 2 atom stereocenters. The van der Waals surface area contributed by atoms with Gasteiger partial charge < -0.3 is 19.9 Å². The molecule has 2 aromatic rings. The summed E-state index contributed by atoms with van der Waals surface area (Å²) in [5.41, 5.74) is 0.622. The van der Waals surface area contributed by atoms with Gasteiger partial charge in [-0.1, -0.05) is 0 Å². The van der Waals surface area contributed by atoms with Gasteiger partial charge in [-0.05, 0) is 38.8 Å². The van der Waals surface area contributed by atoms with Crippen LogP contribution in [0.4, 0.5) is 11.4 Å². The number of piperidine rings is 1. The zero-order valence-corrected chi connectivity index (χ0v) is 16.9. The number of nitrogens with zero attached hydrogens (tertiary/aromatic N) is 4. The molecule has 9 nitrogen and oxygen atoms in total. The van der Waals surface area contributed by atoms with E-state index in [1.54, 1.807) is 29.1 Å². The molecule has 3 rings (SSSR count). The highest BCUT2D eigenvalue weighted by molar-refractivity contribution is 5.96. The standard InChI is InChI=1S/C20H27N5O4/c1-13(2)22-20(27)14-6-7-16(17(11-14)25(28)29)24-9-4-5-15(12-24)18(26)19-21-8-10-23(19)3/h6-8,10-11,13,15,18,26H,4-5,9,12H2,1-3H3,(H,22,27). The van der Waals surface area contributed by atoms with Crippen molar-refractivity contribution >= 4 is 17.3 Å². The van der Waals surface area contributed by atoms with E-state index in [1.807, 2.05) is 25.8 Å². The molecule has 0 radical (unpaired) electrons. The third-order valence-corrected chi connectivity index (χ3v) is 5.22. The van der Waals surface area contributed by atoms with Crippen LogP contribution < -0.4 is 10.2 Å². The average molecular weight is 401 g/mol. The molecule has 1 aromatic heterocycles. The summed E-state index contributed by atoms with van der Waals surface area (Å²) in [5.74, 6) is 0.164. The van der Waals surface area contributed by atoms with Crippen LogP contribution in [0.3, 0.4) is 0 Å². The molecule has 0 bridgehead atoms. The summed E-state index contributed by atoms with van der Waals surface area (Å²) in [6.45, 7) is 4.80. The molecule has 0 spiro atoms. The van der Waals surface area contributed by atoms with Crippen molar-refractivity contribution in [1.82, 2.24) is 14.9 Å². The minimum absolute atomic E-state index is 0.0586. The predicted molar refractivity (Wildman–Crippen MR) is 109 cm³/mol. The highest BCUT2D eigenvalue weighted by Gasteiger charge is 2.32. The molecule has 1 aliphatic rings. The first-order valence-electron chi connectivity index (χ1n) is 9.77. The molecular weight excluding hydrogens is 374 g/mol. The minimum atomic E-state index is -0.743. The van der Waals surface area contributed by atoms with E-state index >= 15 is 0 Å². The fraction of sp³-hybridized carbons (Fsp3) is 0.500. The Bertz CT molecular complexity index is 895. The third-order valence-electron chi connectivity index (χ3n) is 5.22. The number of carbonyl (C=O) groups excluding carboxylic acids is 1. The van der Waals surface area contributed by atoms with Crippen LogP contribution in [-0.4, -0.2) is 44.6 Å². The van der Waals surface area contributed by atoms with Crippen molar-refractivity contribution in [3.63, 3.8) is 0 Å². The first-order valence-corrected chi connectivity index (χ1v) is 9.77. The van der Waals surface area contributed by atoms with Crippen LogP contribution in [0.5, 0.6) is 0 Å². The Hall–Kier alpha value is -2.94. The molecule has 1 amide bonds. The van der Waals surface area contributed by atoms with Crippen LogP contribution in [0.2, 0.25) is 0 Å². The van der Waals surface area contributed by atoms with Crippen LogP contribution in [-0.2, 0) is 7.05 Å². The number of hydrogen-bond donors (Lipinski definition) is 2. The van der Waals surface area contributed by atoms with Gasteiger partial charge in [0.2, 0.25) is 0 Å². The first-order chi connectivity index (χ1) is 13.8. The summed E-state index contributed by atoms with van der Waals surface area (Å²) in [6, 6.07) is 4.50. The lowest BCUT2D eigenvalue weighted by Gasteiger charge is -2.36. The number of aliphatic hydroxyl groups is 1. The number of nitrogens with one attached hydrogen (secondary N) is 1. The molecule has 0 saturated carbocycles. The van der Waals surface area contributed by atoms with E-state index in [4.69, 9.17) is 0 Å². The van der Waals surface area contributed by atoms with Crippen molar-refractivity contribution < 1.29 is 14.8 Å². The molecule has 156 valence electrons. The number of aryl methyl sites for hydroxylation is 1. The Kier molecular flexibility index (Phi) is 6.17. The van der Waals surface area contributed by atoms with Gasteiger partial charge in [-0.3, -0.25) is 14.9 Å². The van der Waals surface area contributed by atoms with E-state index in [0.717, 1.165) is 12.8 Å². The smallest absolute Gasteiger partial charge is 0.293 e. The normalized spacial score (nSPS) is 18.0. The number of hydrogen-bond acceptors (Lipinski definition) is 6. The number of nitro benzene ring substituents is 1. The number of aliphatic hydroxyl groups excluding tert-OH is 1. The molecule has 0 aliphatic carbocycles. The predicted octanol–water partition coefficient (Wildman–Crippen LogP) is 2.42. The largest absolute Gasteiger partial charge is 0.385 e. The summed E-state index contributed by atoms with van der Waals surface area (Å²) in [6.07, 6.45) is 4.30. The zero-order valence-electron chi connectivity index (χ0n) is 16.9. The number of benzene rings is 1. The van der Waals surface area contributed by atoms with E-state index in [0.29, 0.717) is 24.6 Å². The van der Waals surface area contributed by atoms with E-state index in [2.05, 4.69) is 10.3 Å². The zero-order chi connectivity index (χ0) is 21.1. The maximum atomic E-state index is 12.2. The first kappa shape index (κ1) is 20.8. The molecule has 2 heterocycles. The number of carbonyl (C=O) groups is 1. The summed E-state index contributed by atoms with van der Waals surface area (Å²) in [5, 5.41) is 25.2. The van der Waals surface area contributed by atoms with E-state index in [-0.39, 0.29) is 29.1 Å². The van der Waals surface area contributed by atoms with Crippen LogP contribution in [0, 0.1) is 16.0 Å². The molecule has 1 aromatic carbocycles. The third kappa shape index (κ3) is 4.56. The number of anilines is 1. The monoisotopic (exact) mass is 401 g/mol. The Balaban J connectivity index is 1.84. The Morgan fingerprint density at radius 2 is 2.17 bits per heavy atom. The van der Waals surface area contributed by atoms with Crippen molar-refractivity contribution in [2.24, 2.45) is 13.0 Å². The summed E-state index contributed by atoms with van der Waals surface area (Å²) in [4.78, 5) is 29.6. The minimum Gasteiger partial charge on any atom is -0.385 e. The van der Waals surface area contributed by atoms with Crippen LogP contribution in [0.1, 0.15) is 49.0 Å². The average Bonchev–Trinajstić information content (AvgIpc) is 3.12. The van der Waals surface area contributed by atoms with Crippen LogP contribution >= 0.6 is 0 Å². The highest BCUT2D eigenvalue weighted by atomic mass is 16.6. The second kappa shape index (κ2) is 8.60. The van der Waals surface area contributed by atoms with Gasteiger partial charge in [0.1, 0.15) is 17.6 Å². The topological polar surface area (TPSA) is 114 Å². The molecule has 2 N–H and O–H groups in total. The van der Waals surface area contributed by atoms with Gasteiger partial charge >= 0.3 is 0 Å². The highest BCUT2D eigenvalue weighted by Crippen LogP contribution is 2.35. The maximum Gasteiger partial charge on any atom is 0.293 e. The molecule has 1 saturated heterocycles. The van der Waals surface area contributed by atoms with Crippen molar-refractivity contribution in [2.75, 3.05) is 18.0 Å². The fourth-order valence-electron chi connectivity index (χ4n) is 3.78. The molecular formula is C20H27N5O4. The van der Waals surface area contributed by atoms with Crippen molar-refractivity contribution in [3.05, 3.63) is 52.1 Å². The van der Waals surface area contributed by atoms with Crippen molar-refractivity contribution in [1.29, 1.82) is 0 Å². The summed E-state index contributed by atoms with van der Waals surface area (Å²) >= 11 is 0. The number of rotatable bonds is 6. The second-order valence-corrected chi connectivity index (χ2v) is 7.78. The lowest BCUT2D eigenvalue weighted by molar-refractivity contribution is -0.384. The lowest BCUT2D eigenvalue weighted by Crippen LogP contribution is -2.38. The van der Waals surface area contributed by atoms with Gasteiger partial charge in [-0.2, -0.15) is 0 Å². The van der Waals surface area contributed by atoms with E-state index in [1.165, 1.54) is 6.07 Å².